The third-order valence-corrected chi connectivity index (χ3v) is 2.76. The van der Waals surface area contributed by atoms with Crippen LogP contribution >= 0.6 is 0 Å². The van der Waals surface area contributed by atoms with Crippen LogP contribution in [0.4, 0.5) is 0 Å². The Labute approximate surface area is 107 Å². The molecule has 0 unspecified atom stereocenters. The maximum atomic E-state index is 10.9. The van der Waals surface area contributed by atoms with E-state index >= 15 is 0 Å². The normalized spacial score (nSPS) is 10.7. The van der Waals surface area contributed by atoms with Gasteiger partial charge in [-0.05, 0) is 30.3 Å². The first-order chi connectivity index (χ1) is 9.13. The first kappa shape index (κ1) is 11.3. The minimum absolute atomic E-state index is 0.112. The number of nitrogens with zero attached hydrogens (tertiary/aromatic N) is 1. The molecule has 0 aliphatic carbocycles. The van der Waals surface area contributed by atoms with Crippen LogP contribution in [0.5, 0.6) is 5.75 Å². The molecule has 5 heteroatoms. The van der Waals surface area contributed by atoms with Gasteiger partial charge in [0.1, 0.15) is 17.0 Å². The zero-order valence-corrected chi connectivity index (χ0v) is 9.70. The van der Waals surface area contributed by atoms with Crippen molar-refractivity contribution in [2.45, 2.75) is 0 Å². The Morgan fingerprint density at radius 3 is 2.79 bits per heavy atom. The van der Waals surface area contributed by atoms with E-state index in [0.717, 1.165) is 5.39 Å². The predicted molar refractivity (Wildman–Crippen MR) is 68.1 cm³/mol. The molecule has 0 saturated carbocycles. The van der Waals surface area contributed by atoms with Gasteiger partial charge in [-0.25, -0.2) is 4.79 Å². The van der Waals surface area contributed by atoms with E-state index in [1.54, 1.807) is 18.2 Å². The third-order valence-electron chi connectivity index (χ3n) is 2.76. The molecule has 0 radical (unpaired) electrons. The lowest BCUT2D eigenvalue weighted by molar-refractivity contribution is 0.0697. The van der Waals surface area contributed by atoms with Crippen LogP contribution in [-0.4, -0.2) is 21.2 Å². The molecule has 19 heavy (non-hydrogen) atoms. The summed E-state index contributed by atoms with van der Waals surface area (Å²) in [6.07, 6.45) is 1.42. The van der Waals surface area contributed by atoms with E-state index in [1.807, 2.05) is 0 Å². The summed E-state index contributed by atoms with van der Waals surface area (Å²) in [5.41, 5.74) is 1.11. The molecule has 94 valence electrons. The number of fused-ring (bicyclic) bond motifs is 1. The van der Waals surface area contributed by atoms with E-state index in [0.29, 0.717) is 17.0 Å². The number of furan rings is 1. The number of aromatic carboxylic acids is 1. The van der Waals surface area contributed by atoms with E-state index < -0.39 is 5.97 Å². The van der Waals surface area contributed by atoms with Crippen molar-refractivity contribution in [3.8, 4) is 17.2 Å². The van der Waals surface area contributed by atoms with Gasteiger partial charge in [-0.2, -0.15) is 0 Å². The van der Waals surface area contributed by atoms with Crippen molar-refractivity contribution in [3.05, 3.63) is 48.2 Å². The average Bonchev–Trinajstić information content (AvgIpc) is 2.81. The predicted octanol–water partition coefficient (Wildman–Crippen LogP) is 2.90. The number of rotatable bonds is 2. The van der Waals surface area contributed by atoms with Gasteiger partial charge in [-0.3, -0.25) is 4.98 Å². The molecule has 0 amide bonds. The molecule has 5 nitrogen and oxygen atoms in total. The quantitative estimate of drug-likeness (QED) is 0.735. The lowest BCUT2D eigenvalue weighted by Crippen LogP contribution is -1.96. The topological polar surface area (TPSA) is 83.6 Å². The van der Waals surface area contributed by atoms with Crippen LogP contribution in [0, 0.1) is 0 Å². The summed E-state index contributed by atoms with van der Waals surface area (Å²) in [4.78, 5) is 15.0. The minimum atomic E-state index is -1.02. The number of carboxylic acid groups (broad SMARTS) is 1. The highest BCUT2D eigenvalue weighted by Gasteiger charge is 2.10. The van der Waals surface area contributed by atoms with Gasteiger partial charge in [0.15, 0.2) is 5.76 Å². The maximum absolute atomic E-state index is 10.9. The van der Waals surface area contributed by atoms with E-state index in [9.17, 15) is 9.90 Å². The van der Waals surface area contributed by atoms with Gasteiger partial charge in [0.25, 0.3) is 0 Å². The fourth-order valence-corrected chi connectivity index (χ4v) is 1.84. The van der Waals surface area contributed by atoms with Crippen LogP contribution < -0.4 is 0 Å². The van der Waals surface area contributed by atoms with Crippen LogP contribution in [0.2, 0.25) is 0 Å². The van der Waals surface area contributed by atoms with Gasteiger partial charge >= 0.3 is 5.97 Å². The molecule has 3 aromatic rings. The largest absolute Gasteiger partial charge is 0.508 e. The zero-order chi connectivity index (χ0) is 13.4. The number of hydrogen-bond donors (Lipinski definition) is 2. The number of phenols is 1. The van der Waals surface area contributed by atoms with Crippen LogP contribution in [-0.2, 0) is 0 Å². The molecule has 1 aromatic carbocycles. The van der Waals surface area contributed by atoms with Crippen LogP contribution in [0.3, 0.4) is 0 Å². The lowest BCUT2D eigenvalue weighted by Gasteiger charge is -1.97. The maximum Gasteiger partial charge on any atom is 0.335 e. The van der Waals surface area contributed by atoms with Crippen LogP contribution in [0.25, 0.3) is 22.4 Å². The van der Waals surface area contributed by atoms with E-state index in [-0.39, 0.29) is 11.3 Å². The molecule has 2 aromatic heterocycles. The van der Waals surface area contributed by atoms with Crippen LogP contribution in [0.15, 0.2) is 47.0 Å². The Morgan fingerprint density at radius 1 is 1.16 bits per heavy atom. The number of pyridine rings is 1. The third kappa shape index (κ3) is 2.01. The standard InChI is InChI=1S/C14H9NO4/c16-10-2-1-8-6-13(19-12(8)7-10)11-5-9(14(17)18)3-4-15-11/h1-7,16H,(H,17,18). The highest BCUT2D eigenvalue weighted by molar-refractivity contribution is 5.89. The Bertz CT molecular complexity index is 776. The molecular formula is C14H9NO4. The Morgan fingerprint density at radius 2 is 2.00 bits per heavy atom. The van der Waals surface area contributed by atoms with Gasteiger partial charge in [0.05, 0.1) is 5.56 Å². The minimum Gasteiger partial charge on any atom is -0.508 e. The first-order valence-electron chi connectivity index (χ1n) is 5.56. The van der Waals surface area contributed by atoms with Crippen molar-refractivity contribution in [3.63, 3.8) is 0 Å². The number of carbonyl (C=O) groups is 1. The summed E-state index contributed by atoms with van der Waals surface area (Å²) >= 11 is 0. The van der Waals surface area contributed by atoms with E-state index in [1.165, 1.54) is 24.4 Å². The zero-order valence-electron chi connectivity index (χ0n) is 9.70. The fraction of sp³-hybridized carbons (Fsp3) is 0. The van der Waals surface area contributed by atoms with Gasteiger partial charge < -0.3 is 14.6 Å². The molecule has 0 spiro atoms. The van der Waals surface area contributed by atoms with Crippen molar-refractivity contribution >= 4 is 16.9 Å². The molecule has 0 saturated heterocycles. The van der Waals surface area contributed by atoms with Crippen molar-refractivity contribution in [2.75, 3.05) is 0 Å². The van der Waals surface area contributed by atoms with Crippen molar-refractivity contribution in [2.24, 2.45) is 0 Å². The Hall–Kier alpha value is -2.82. The van der Waals surface area contributed by atoms with Crippen molar-refractivity contribution < 1.29 is 19.4 Å². The van der Waals surface area contributed by atoms with Gasteiger partial charge in [0.2, 0.25) is 0 Å². The summed E-state index contributed by atoms with van der Waals surface area (Å²) in [5.74, 6) is -0.443. The highest BCUT2D eigenvalue weighted by atomic mass is 16.4. The fourth-order valence-electron chi connectivity index (χ4n) is 1.84. The first-order valence-corrected chi connectivity index (χ1v) is 5.56. The summed E-state index contributed by atoms with van der Waals surface area (Å²) < 4.78 is 5.55. The van der Waals surface area contributed by atoms with Crippen LogP contribution in [0.1, 0.15) is 10.4 Å². The van der Waals surface area contributed by atoms with Gasteiger partial charge in [-0.15, -0.1) is 0 Å². The molecule has 0 fully saturated rings. The smallest absolute Gasteiger partial charge is 0.335 e. The average molecular weight is 255 g/mol. The van der Waals surface area contributed by atoms with Crippen molar-refractivity contribution in [1.82, 2.24) is 4.98 Å². The molecule has 3 rings (SSSR count). The van der Waals surface area contributed by atoms with E-state index in [4.69, 9.17) is 9.52 Å². The highest BCUT2D eigenvalue weighted by Crippen LogP contribution is 2.29. The summed E-state index contributed by atoms with van der Waals surface area (Å²) in [6.45, 7) is 0. The molecule has 0 aliphatic rings. The Kier molecular flexibility index (Phi) is 2.45. The number of carboxylic acids is 1. The summed E-state index contributed by atoms with van der Waals surface area (Å²) in [7, 11) is 0. The second-order valence-corrected chi connectivity index (χ2v) is 4.07. The lowest BCUT2D eigenvalue weighted by atomic mass is 10.2. The molecule has 2 N–H and O–H groups in total. The SMILES string of the molecule is O=C(O)c1ccnc(-c2cc3ccc(O)cc3o2)c1. The molecule has 0 bridgehead atoms. The second kappa shape index (κ2) is 4.13. The van der Waals surface area contributed by atoms with Gasteiger partial charge in [0, 0.05) is 17.6 Å². The Balaban J connectivity index is 2.13. The number of hydrogen-bond acceptors (Lipinski definition) is 4. The number of aromatic hydroxyl groups is 1. The number of phenolic OH excluding ortho intramolecular Hbond substituents is 1. The summed E-state index contributed by atoms with van der Waals surface area (Å²) in [6, 6.07) is 9.39. The van der Waals surface area contributed by atoms with E-state index in [2.05, 4.69) is 4.98 Å². The summed E-state index contributed by atoms with van der Waals surface area (Å²) in [5, 5.41) is 19.1. The monoisotopic (exact) mass is 255 g/mol. The molecular weight excluding hydrogens is 246 g/mol. The van der Waals surface area contributed by atoms with Crippen molar-refractivity contribution in [1.29, 1.82) is 0 Å². The second-order valence-electron chi connectivity index (χ2n) is 4.07. The number of aromatic nitrogens is 1. The molecule has 2 heterocycles. The van der Waals surface area contributed by atoms with Gasteiger partial charge in [-0.1, -0.05) is 0 Å². The molecule has 0 atom stereocenters. The number of benzene rings is 1. The molecule has 0 aliphatic heterocycles.